The van der Waals surface area contributed by atoms with Gasteiger partial charge < -0.3 is 0 Å². The molecule has 1 N–H and O–H groups in total. The second-order valence-corrected chi connectivity index (χ2v) is 6.66. The van der Waals surface area contributed by atoms with Crippen LogP contribution in [0.4, 0.5) is 0 Å². The molecule has 0 radical (unpaired) electrons. The number of rotatable bonds is 5. The van der Waals surface area contributed by atoms with E-state index in [1.807, 2.05) is 6.26 Å². The SMILES string of the molecule is CSNC(CC1CCC2(CCC2)CC1)C(C)=O. The summed E-state index contributed by atoms with van der Waals surface area (Å²) in [5.41, 5.74) is 0.745. The van der Waals surface area contributed by atoms with Gasteiger partial charge in [0, 0.05) is 0 Å². The number of hydrogen-bond donors (Lipinski definition) is 1. The topological polar surface area (TPSA) is 29.1 Å². The summed E-state index contributed by atoms with van der Waals surface area (Å²) in [6.45, 7) is 1.71. The first-order chi connectivity index (χ1) is 8.15. The molecule has 0 aromatic heterocycles. The van der Waals surface area contributed by atoms with Gasteiger partial charge in [-0.1, -0.05) is 18.4 Å². The highest BCUT2D eigenvalue weighted by atomic mass is 32.2. The molecule has 2 aliphatic rings. The number of carbonyl (C=O) groups is 1. The third kappa shape index (κ3) is 3.25. The van der Waals surface area contributed by atoms with E-state index in [1.54, 1.807) is 18.9 Å². The average Bonchev–Trinajstić information content (AvgIpc) is 2.27. The maximum Gasteiger partial charge on any atom is 0.147 e. The molecule has 0 bridgehead atoms. The predicted octanol–water partition coefficient (Wildman–Crippen LogP) is 3.56. The zero-order valence-electron chi connectivity index (χ0n) is 11.1. The molecular weight excluding hydrogens is 230 g/mol. The molecule has 1 spiro atoms. The van der Waals surface area contributed by atoms with Crippen LogP contribution in [0, 0.1) is 11.3 Å². The molecule has 1 unspecified atom stereocenters. The van der Waals surface area contributed by atoms with E-state index in [4.69, 9.17) is 0 Å². The quantitative estimate of drug-likeness (QED) is 0.762. The van der Waals surface area contributed by atoms with Crippen LogP contribution in [0.25, 0.3) is 0 Å². The zero-order valence-corrected chi connectivity index (χ0v) is 11.9. The highest BCUT2D eigenvalue weighted by Gasteiger charge is 2.40. The Bertz CT molecular complexity index is 265. The van der Waals surface area contributed by atoms with Crippen molar-refractivity contribution in [3.05, 3.63) is 0 Å². The Labute approximate surface area is 109 Å². The Morgan fingerprint density at radius 2 is 2.00 bits per heavy atom. The van der Waals surface area contributed by atoms with Crippen LogP contribution < -0.4 is 4.72 Å². The third-order valence-corrected chi connectivity index (χ3v) is 5.42. The van der Waals surface area contributed by atoms with Crippen molar-refractivity contribution in [1.29, 1.82) is 0 Å². The summed E-state index contributed by atoms with van der Waals surface area (Å²) in [4.78, 5) is 11.5. The Morgan fingerprint density at radius 3 is 2.41 bits per heavy atom. The molecule has 2 nitrogen and oxygen atoms in total. The van der Waals surface area contributed by atoms with E-state index >= 15 is 0 Å². The minimum Gasteiger partial charge on any atom is -0.298 e. The lowest BCUT2D eigenvalue weighted by Gasteiger charge is -2.47. The lowest BCUT2D eigenvalue weighted by molar-refractivity contribution is -0.119. The minimum atomic E-state index is 0.0745. The Balaban J connectivity index is 1.77. The molecule has 1 atom stereocenters. The van der Waals surface area contributed by atoms with E-state index in [2.05, 4.69) is 4.72 Å². The Kier molecular flexibility index (Phi) is 4.53. The Hall–Kier alpha value is -0.0200. The van der Waals surface area contributed by atoms with Gasteiger partial charge in [0.1, 0.15) is 5.78 Å². The normalized spacial score (nSPS) is 25.5. The molecular formula is C14H25NOS. The molecule has 0 aromatic carbocycles. The summed E-state index contributed by atoms with van der Waals surface area (Å²) in [5, 5.41) is 0. The molecule has 0 heterocycles. The van der Waals surface area contributed by atoms with Gasteiger partial charge in [-0.2, -0.15) is 0 Å². The first-order valence-corrected chi connectivity index (χ1v) is 8.17. The summed E-state index contributed by atoms with van der Waals surface area (Å²) in [6, 6.07) is 0.0745. The number of nitrogens with one attached hydrogen (secondary N) is 1. The van der Waals surface area contributed by atoms with Crippen molar-refractivity contribution in [1.82, 2.24) is 4.72 Å². The molecule has 0 amide bonds. The summed E-state index contributed by atoms with van der Waals surface area (Å²) < 4.78 is 3.25. The molecule has 2 rings (SSSR count). The molecule has 0 saturated heterocycles. The van der Waals surface area contributed by atoms with E-state index in [-0.39, 0.29) is 6.04 Å². The van der Waals surface area contributed by atoms with Crippen LogP contribution in [0.2, 0.25) is 0 Å². The lowest BCUT2D eigenvalue weighted by atomic mass is 9.59. The van der Waals surface area contributed by atoms with Gasteiger partial charge in [-0.25, -0.2) is 0 Å². The van der Waals surface area contributed by atoms with Crippen molar-refractivity contribution in [3.8, 4) is 0 Å². The Morgan fingerprint density at radius 1 is 1.35 bits per heavy atom. The molecule has 17 heavy (non-hydrogen) atoms. The van der Waals surface area contributed by atoms with Crippen molar-refractivity contribution in [2.75, 3.05) is 6.26 Å². The van der Waals surface area contributed by atoms with Gasteiger partial charge in [0.15, 0.2) is 0 Å². The summed E-state index contributed by atoms with van der Waals surface area (Å²) in [7, 11) is 0. The number of hydrogen-bond acceptors (Lipinski definition) is 3. The smallest absolute Gasteiger partial charge is 0.147 e. The van der Waals surface area contributed by atoms with Crippen molar-refractivity contribution < 1.29 is 4.79 Å². The van der Waals surface area contributed by atoms with Gasteiger partial charge in [-0.3, -0.25) is 9.52 Å². The van der Waals surface area contributed by atoms with Crippen LogP contribution in [-0.2, 0) is 4.79 Å². The molecule has 98 valence electrons. The predicted molar refractivity (Wildman–Crippen MR) is 74.0 cm³/mol. The highest BCUT2D eigenvalue weighted by Crippen LogP contribution is 2.53. The van der Waals surface area contributed by atoms with Crippen LogP contribution in [0.5, 0.6) is 0 Å². The maximum atomic E-state index is 11.5. The van der Waals surface area contributed by atoms with Crippen LogP contribution in [0.3, 0.4) is 0 Å². The van der Waals surface area contributed by atoms with E-state index in [0.29, 0.717) is 5.78 Å². The fourth-order valence-corrected chi connectivity index (χ4v) is 4.02. The van der Waals surface area contributed by atoms with Crippen molar-refractivity contribution in [3.63, 3.8) is 0 Å². The van der Waals surface area contributed by atoms with Gasteiger partial charge in [0.2, 0.25) is 0 Å². The number of ketones is 1. The standard InChI is InChI=1S/C14H25NOS/c1-11(16)13(15-17-2)10-12-4-8-14(9-5-12)6-3-7-14/h12-13,15H,3-10H2,1-2H3. The van der Waals surface area contributed by atoms with Crippen molar-refractivity contribution >= 4 is 17.7 Å². The van der Waals surface area contributed by atoms with Crippen LogP contribution >= 0.6 is 11.9 Å². The molecule has 2 aliphatic carbocycles. The van der Waals surface area contributed by atoms with Gasteiger partial charge in [0.25, 0.3) is 0 Å². The summed E-state index contributed by atoms with van der Waals surface area (Å²) >= 11 is 1.57. The second kappa shape index (κ2) is 5.75. The fraction of sp³-hybridized carbons (Fsp3) is 0.929. The zero-order chi connectivity index (χ0) is 12.3. The first kappa shape index (κ1) is 13.4. The van der Waals surface area contributed by atoms with Crippen LogP contribution in [0.1, 0.15) is 58.3 Å². The van der Waals surface area contributed by atoms with E-state index in [9.17, 15) is 4.79 Å². The molecule has 3 heteroatoms. The largest absolute Gasteiger partial charge is 0.298 e. The third-order valence-electron chi connectivity index (χ3n) is 4.90. The van der Waals surface area contributed by atoms with E-state index in [1.165, 1.54) is 44.9 Å². The molecule has 0 aromatic rings. The van der Waals surface area contributed by atoms with Gasteiger partial charge in [0.05, 0.1) is 6.04 Å². The molecule has 2 fully saturated rings. The fourth-order valence-electron chi connectivity index (χ4n) is 3.48. The maximum absolute atomic E-state index is 11.5. The second-order valence-electron chi connectivity index (χ2n) is 6.02. The highest BCUT2D eigenvalue weighted by molar-refractivity contribution is 7.96. The lowest BCUT2D eigenvalue weighted by Crippen LogP contribution is -2.37. The minimum absolute atomic E-state index is 0.0745. The van der Waals surface area contributed by atoms with E-state index < -0.39 is 0 Å². The summed E-state index contributed by atoms with van der Waals surface area (Å²) in [6.07, 6.45) is 13.0. The number of Topliss-reactive ketones (excluding diaryl/α,β-unsaturated/α-hetero) is 1. The number of carbonyl (C=O) groups excluding carboxylic acids is 1. The first-order valence-electron chi connectivity index (χ1n) is 6.94. The van der Waals surface area contributed by atoms with Crippen molar-refractivity contribution in [2.24, 2.45) is 11.3 Å². The van der Waals surface area contributed by atoms with Gasteiger partial charge >= 0.3 is 0 Å². The summed E-state index contributed by atoms with van der Waals surface area (Å²) in [5.74, 6) is 1.07. The monoisotopic (exact) mass is 255 g/mol. The molecule has 0 aliphatic heterocycles. The van der Waals surface area contributed by atoms with Crippen LogP contribution in [-0.4, -0.2) is 18.1 Å². The van der Waals surface area contributed by atoms with Gasteiger partial charge in [-0.05, 0) is 69.5 Å². The van der Waals surface area contributed by atoms with Crippen molar-refractivity contribution in [2.45, 2.75) is 64.3 Å². The van der Waals surface area contributed by atoms with Gasteiger partial charge in [-0.15, -0.1) is 0 Å². The molecule has 2 saturated carbocycles. The van der Waals surface area contributed by atoms with E-state index in [0.717, 1.165) is 17.8 Å². The van der Waals surface area contributed by atoms with Crippen LogP contribution in [0.15, 0.2) is 0 Å². The average molecular weight is 255 g/mol.